The standard InChI is InChI=1S/C9H5N7/c1-2-5-6-7(12-4-11-6)9-13-14-15-16(9)8(5)10-3-1/h1-4H,(H,13,15). The van der Waals surface area contributed by atoms with Gasteiger partial charge in [0.2, 0.25) is 0 Å². The molecule has 0 amide bonds. The Labute approximate surface area is 88.5 Å². The van der Waals surface area contributed by atoms with Gasteiger partial charge in [-0.25, -0.2) is 20.1 Å². The van der Waals surface area contributed by atoms with Gasteiger partial charge in [-0.1, -0.05) is 0 Å². The first-order chi connectivity index (χ1) is 7.95. The molecule has 0 aromatic carbocycles. The topological polar surface area (TPSA) is 84.6 Å². The van der Waals surface area contributed by atoms with Gasteiger partial charge in [-0.3, -0.25) is 0 Å². The molecule has 0 atom stereocenters. The zero-order valence-corrected chi connectivity index (χ0v) is 7.99. The maximum absolute atomic E-state index is 4.28. The van der Waals surface area contributed by atoms with Crippen molar-refractivity contribution in [2.24, 2.45) is 0 Å². The summed E-state index contributed by atoms with van der Waals surface area (Å²) < 4.78 is 1.63. The highest BCUT2D eigenvalue weighted by atomic mass is 15.5. The minimum absolute atomic E-state index is 0.707. The molecule has 0 unspecified atom stereocenters. The van der Waals surface area contributed by atoms with Crippen LogP contribution in [-0.4, -0.2) is 35.0 Å². The molecule has 76 valence electrons. The summed E-state index contributed by atoms with van der Waals surface area (Å²) in [5.41, 5.74) is 3.00. The molecular formula is C9H5N7. The van der Waals surface area contributed by atoms with Crippen LogP contribution in [0.25, 0.3) is 28.1 Å². The summed E-state index contributed by atoms with van der Waals surface area (Å²) in [4.78, 5) is 12.7. The average Bonchev–Trinajstić information content (AvgIpc) is 2.98. The third kappa shape index (κ3) is 0.761. The van der Waals surface area contributed by atoms with Crippen molar-refractivity contribution in [1.29, 1.82) is 0 Å². The minimum Gasteiger partial charge on any atom is -0.239 e. The van der Waals surface area contributed by atoms with E-state index in [1.165, 1.54) is 6.33 Å². The van der Waals surface area contributed by atoms with Crippen molar-refractivity contribution in [2.75, 3.05) is 0 Å². The molecule has 2 aromatic rings. The molecule has 4 heterocycles. The van der Waals surface area contributed by atoms with E-state index >= 15 is 0 Å². The van der Waals surface area contributed by atoms with Gasteiger partial charge in [0.25, 0.3) is 0 Å². The van der Waals surface area contributed by atoms with Crippen molar-refractivity contribution < 1.29 is 0 Å². The molecule has 4 rings (SSSR count). The maximum Gasteiger partial charge on any atom is 0.181 e. The van der Waals surface area contributed by atoms with Crippen molar-refractivity contribution in [3.8, 4) is 11.4 Å². The molecule has 0 bridgehead atoms. The van der Waals surface area contributed by atoms with E-state index in [-0.39, 0.29) is 0 Å². The summed E-state index contributed by atoms with van der Waals surface area (Å²) in [6.45, 7) is 0. The molecule has 0 saturated carbocycles. The fraction of sp³-hybridized carbons (Fsp3) is 0. The van der Waals surface area contributed by atoms with Crippen molar-refractivity contribution in [3.63, 3.8) is 0 Å². The largest absolute Gasteiger partial charge is 0.239 e. The molecular weight excluding hydrogens is 206 g/mol. The number of pyridine rings is 2. The van der Waals surface area contributed by atoms with Crippen LogP contribution >= 0.6 is 0 Å². The Morgan fingerprint density at radius 2 is 2.06 bits per heavy atom. The van der Waals surface area contributed by atoms with Crippen LogP contribution < -0.4 is 0 Å². The predicted molar refractivity (Wildman–Crippen MR) is 54.9 cm³/mol. The van der Waals surface area contributed by atoms with Gasteiger partial charge in [-0.2, -0.15) is 4.52 Å². The smallest absolute Gasteiger partial charge is 0.181 e. The van der Waals surface area contributed by atoms with Gasteiger partial charge in [0.05, 0.1) is 0 Å². The second kappa shape index (κ2) is 2.51. The second-order valence-corrected chi connectivity index (χ2v) is 3.41. The lowest BCUT2D eigenvalue weighted by molar-refractivity contribution is 0.835. The first kappa shape index (κ1) is 7.69. The van der Waals surface area contributed by atoms with Gasteiger partial charge in [0, 0.05) is 11.6 Å². The lowest BCUT2D eigenvalue weighted by Crippen LogP contribution is -1.97. The van der Waals surface area contributed by atoms with E-state index in [1.807, 2.05) is 12.1 Å². The Hall–Kier alpha value is -2.57. The van der Waals surface area contributed by atoms with E-state index in [0.717, 1.165) is 22.4 Å². The van der Waals surface area contributed by atoms with Gasteiger partial charge >= 0.3 is 0 Å². The average molecular weight is 211 g/mol. The van der Waals surface area contributed by atoms with Gasteiger partial charge < -0.3 is 0 Å². The highest BCUT2D eigenvalue weighted by Gasteiger charge is 2.18. The first-order valence-electron chi connectivity index (χ1n) is 4.72. The molecule has 2 aliphatic rings. The van der Waals surface area contributed by atoms with E-state index in [4.69, 9.17) is 0 Å². The summed E-state index contributed by atoms with van der Waals surface area (Å²) in [5, 5.41) is 11.4. The Kier molecular flexibility index (Phi) is 1.21. The lowest BCUT2D eigenvalue weighted by atomic mass is 10.2. The van der Waals surface area contributed by atoms with E-state index in [2.05, 4.69) is 30.5 Å². The van der Waals surface area contributed by atoms with Crippen LogP contribution in [0.1, 0.15) is 0 Å². The van der Waals surface area contributed by atoms with Gasteiger partial charge in [-0.15, -0.1) is 0 Å². The van der Waals surface area contributed by atoms with Crippen molar-refractivity contribution >= 4 is 16.7 Å². The number of fused-ring (bicyclic) bond motifs is 6. The SMILES string of the molecule is c1cnc2c(c1)c1ncnc-1c1[nH]nnn12. The van der Waals surface area contributed by atoms with Crippen LogP contribution in [-0.2, 0) is 0 Å². The number of rotatable bonds is 0. The molecule has 16 heavy (non-hydrogen) atoms. The van der Waals surface area contributed by atoms with Gasteiger partial charge in [0.15, 0.2) is 11.3 Å². The summed E-state index contributed by atoms with van der Waals surface area (Å²) in [6.07, 6.45) is 3.24. The number of aromatic nitrogens is 7. The minimum atomic E-state index is 0.707. The van der Waals surface area contributed by atoms with Crippen LogP contribution in [0.4, 0.5) is 0 Å². The van der Waals surface area contributed by atoms with E-state index in [0.29, 0.717) is 5.65 Å². The van der Waals surface area contributed by atoms with Crippen molar-refractivity contribution in [2.45, 2.75) is 0 Å². The second-order valence-electron chi connectivity index (χ2n) is 3.41. The molecule has 0 radical (unpaired) electrons. The number of hydrogen-bond donors (Lipinski definition) is 1. The molecule has 2 aliphatic heterocycles. The lowest BCUT2D eigenvalue weighted by Gasteiger charge is -2.03. The zero-order chi connectivity index (χ0) is 10.5. The predicted octanol–water partition coefficient (Wildman–Crippen LogP) is 0.500. The quantitative estimate of drug-likeness (QED) is 0.457. The van der Waals surface area contributed by atoms with Crippen LogP contribution in [0.5, 0.6) is 0 Å². The Balaban J connectivity index is 2.45. The highest BCUT2D eigenvalue weighted by Crippen LogP contribution is 2.28. The maximum atomic E-state index is 4.28. The summed E-state index contributed by atoms with van der Waals surface area (Å²) in [5.74, 6) is 0. The van der Waals surface area contributed by atoms with Crippen LogP contribution in [0.3, 0.4) is 0 Å². The number of aromatic amines is 1. The van der Waals surface area contributed by atoms with Gasteiger partial charge in [0.1, 0.15) is 17.7 Å². The van der Waals surface area contributed by atoms with E-state index in [1.54, 1.807) is 10.7 Å². The molecule has 0 aliphatic carbocycles. The number of imidazole rings is 1. The van der Waals surface area contributed by atoms with Crippen LogP contribution in [0, 0.1) is 0 Å². The number of nitrogens with zero attached hydrogens (tertiary/aromatic N) is 6. The third-order valence-electron chi connectivity index (χ3n) is 2.57. The number of H-pyrrole nitrogens is 1. The summed E-state index contributed by atoms with van der Waals surface area (Å²) >= 11 is 0. The third-order valence-corrected chi connectivity index (χ3v) is 2.57. The fourth-order valence-electron chi connectivity index (χ4n) is 1.90. The number of hydrogen-bond acceptors (Lipinski definition) is 5. The van der Waals surface area contributed by atoms with E-state index < -0.39 is 0 Å². The van der Waals surface area contributed by atoms with Gasteiger partial charge in [-0.05, 0) is 22.6 Å². The zero-order valence-electron chi connectivity index (χ0n) is 7.99. The molecule has 7 nitrogen and oxygen atoms in total. The Morgan fingerprint density at radius 1 is 1.12 bits per heavy atom. The number of tetrazole rings is 1. The van der Waals surface area contributed by atoms with Crippen LogP contribution in [0.2, 0.25) is 0 Å². The Morgan fingerprint density at radius 3 is 3.06 bits per heavy atom. The number of nitrogens with one attached hydrogen (secondary N) is 1. The molecule has 0 saturated heterocycles. The van der Waals surface area contributed by atoms with Crippen LogP contribution in [0.15, 0.2) is 24.7 Å². The Bertz CT molecular complexity index is 768. The molecule has 7 heteroatoms. The van der Waals surface area contributed by atoms with Crippen molar-refractivity contribution in [1.82, 2.24) is 35.0 Å². The monoisotopic (exact) mass is 211 g/mol. The molecule has 0 fully saturated rings. The fourth-order valence-corrected chi connectivity index (χ4v) is 1.90. The summed E-state index contributed by atoms with van der Waals surface area (Å²) in [7, 11) is 0. The highest BCUT2D eigenvalue weighted by molar-refractivity contribution is 5.95. The van der Waals surface area contributed by atoms with Crippen molar-refractivity contribution in [3.05, 3.63) is 24.7 Å². The summed E-state index contributed by atoms with van der Waals surface area (Å²) in [6, 6.07) is 3.81. The molecule has 0 spiro atoms. The normalized spacial score (nSPS) is 11.8. The molecule has 2 aromatic heterocycles. The first-order valence-corrected chi connectivity index (χ1v) is 4.72. The molecule has 1 N–H and O–H groups in total. The van der Waals surface area contributed by atoms with E-state index in [9.17, 15) is 0 Å².